The summed E-state index contributed by atoms with van der Waals surface area (Å²) in [6.07, 6.45) is 0. The van der Waals surface area contributed by atoms with Gasteiger partial charge in [-0.25, -0.2) is 17.9 Å². The number of carbonyl (C=O) groups is 2. The maximum Gasteiger partial charge on any atom is 0.341 e. The predicted octanol–water partition coefficient (Wildman–Crippen LogP) is 2.38. The van der Waals surface area contributed by atoms with Crippen LogP contribution in [0, 0.1) is 13.8 Å². The summed E-state index contributed by atoms with van der Waals surface area (Å²) in [4.78, 5) is 26.8. The second-order valence-corrected chi connectivity index (χ2v) is 7.82. The quantitative estimate of drug-likeness (QED) is 0.602. The molecule has 2 rings (SSSR count). The van der Waals surface area contributed by atoms with Gasteiger partial charge in [-0.2, -0.15) is 0 Å². The number of aromatic amines is 1. The van der Waals surface area contributed by atoms with Crippen molar-refractivity contribution >= 4 is 39.2 Å². The SMILES string of the molecule is CCOC(=O)c1c(C)[nH]c(C)c1S(=O)(=O)NCC(=O)Nc1cccc(Cl)c1. The first-order chi connectivity index (χ1) is 12.7. The highest BCUT2D eigenvalue weighted by Crippen LogP contribution is 2.24. The van der Waals surface area contributed by atoms with Crippen LogP contribution >= 0.6 is 11.6 Å². The first-order valence-corrected chi connectivity index (χ1v) is 9.93. The Balaban J connectivity index is 2.17. The number of aryl methyl sites for hydroxylation is 2. The van der Waals surface area contributed by atoms with Crippen LogP contribution in [0.25, 0.3) is 0 Å². The highest BCUT2D eigenvalue weighted by atomic mass is 35.5. The van der Waals surface area contributed by atoms with E-state index >= 15 is 0 Å². The molecule has 0 unspecified atom stereocenters. The minimum atomic E-state index is -4.13. The molecule has 8 nitrogen and oxygen atoms in total. The van der Waals surface area contributed by atoms with E-state index in [1.165, 1.54) is 13.0 Å². The number of H-pyrrole nitrogens is 1. The predicted molar refractivity (Wildman–Crippen MR) is 101 cm³/mol. The molecule has 0 aliphatic rings. The Hall–Kier alpha value is -2.36. The number of nitrogens with one attached hydrogen (secondary N) is 3. The molecule has 0 radical (unpaired) electrons. The molecule has 0 saturated carbocycles. The number of hydrogen-bond acceptors (Lipinski definition) is 5. The average Bonchev–Trinajstić information content (AvgIpc) is 2.88. The number of benzene rings is 1. The summed E-state index contributed by atoms with van der Waals surface area (Å²) in [6.45, 7) is 4.32. The summed E-state index contributed by atoms with van der Waals surface area (Å²) >= 11 is 5.84. The number of halogens is 1. The van der Waals surface area contributed by atoms with E-state index in [2.05, 4.69) is 15.0 Å². The Morgan fingerprint density at radius 2 is 1.93 bits per heavy atom. The molecule has 3 N–H and O–H groups in total. The van der Waals surface area contributed by atoms with Crippen LogP contribution in [0.2, 0.25) is 5.02 Å². The molecule has 0 aliphatic heterocycles. The van der Waals surface area contributed by atoms with E-state index in [-0.39, 0.29) is 22.8 Å². The first kappa shape index (κ1) is 20.9. The zero-order valence-corrected chi connectivity index (χ0v) is 16.6. The highest BCUT2D eigenvalue weighted by Gasteiger charge is 2.30. The number of rotatable bonds is 7. The van der Waals surface area contributed by atoms with E-state index in [0.717, 1.165) is 0 Å². The summed E-state index contributed by atoms with van der Waals surface area (Å²) in [7, 11) is -4.13. The van der Waals surface area contributed by atoms with E-state index in [9.17, 15) is 18.0 Å². The van der Waals surface area contributed by atoms with Gasteiger partial charge in [0.15, 0.2) is 0 Å². The number of anilines is 1. The normalized spacial score (nSPS) is 11.3. The molecule has 2 aromatic rings. The van der Waals surface area contributed by atoms with Crippen molar-refractivity contribution in [2.45, 2.75) is 25.7 Å². The number of ether oxygens (including phenoxy) is 1. The van der Waals surface area contributed by atoms with Gasteiger partial charge in [-0.1, -0.05) is 17.7 Å². The van der Waals surface area contributed by atoms with E-state index in [1.54, 1.807) is 32.0 Å². The molecular weight excluding hydrogens is 394 g/mol. The summed E-state index contributed by atoms with van der Waals surface area (Å²) < 4.78 is 32.5. The first-order valence-electron chi connectivity index (χ1n) is 8.07. The second kappa shape index (κ2) is 8.55. The van der Waals surface area contributed by atoms with Crippen molar-refractivity contribution in [3.63, 3.8) is 0 Å². The Kier molecular flexibility index (Phi) is 6.63. The van der Waals surface area contributed by atoms with Crippen LogP contribution < -0.4 is 10.0 Å². The van der Waals surface area contributed by atoms with Gasteiger partial charge >= 0.3 is 5.97 Å². The molecule has 0 fully saturated rings. The van der Waals surface area contributed by atoms with Gasteiger partial charge in [0, 0.05) is 22.1 Å². The molecule has 1 aromatic heterocycles. The standard InChI is InChI=1S/C17H20ClN3O5S/c1-4-26-17(23)15-10(2)20-11(3)16(15)27(24,25)19-9-14(22)21-13-7-5-6-12(18)8-13/h5-8,19-20H,4,9H2,1-3H3,(H,21,22). The molecular formula is C17H20ClN3O5S. The molecule has 1 aromatic carbocycles. The van der Waals surface area contributed by atoms with Crippen LogP contribution in [0.3, 0.4) is 0 Å². The van der Waals surface area contributed by atoms with Gasteiger partial charge in [0.2, 0.25) is 15.9 Å². The summed E-state index contributed by atoms with van der Waals surface area (Å²) in [5.41, 5.74) is 1.01. The second-order valence-electron chi connectivity index (χ2n) is 5.68. The third kappa shape index (κ3) is 5.09. The number of hydrogen-bond donors (Lipinski definition) is 3. The molecule has 0 saturated heterocycles. The molecule has 1 heterocycles. The number of aromatic nitrogens is 1. The van der Waals surface area contributed by atoms with Crippen LogP contribution in [0.4, 0.5) is 5.69 Å². The van der Waals surface area contributed by atoms with Crippen LogP contribution in [0.5, 0.6) is 0 Å². The van der Waals surface area contributed by atoms with E-state index < -0.39 is 28.4 Å². The lowest BCUT2D eigenvalue weighted by Crippen LogP contribution is -2.33. The lowest BCUT2D eigenvalue weighted by molar-refractivity contribution is -0.115. The number of sulfonamides is 1. The van der Waals surface area contributed by atoms with Gasteiger partial charge in [0.1, 0.15) is 10.5 Å². The van der Waals surface area contributed by atoms with Gasteiger partial charge in [0.05, 0.1) is 13.2 Å². The summed E-state index contributed by atoms with van der Waals surface area (Å²) in [5.74, 6) is -1.33. The molecule has 0 spiro atoms. The van der Waals surface area contributed by atoms with Crippen molar-refractivity contribution in [2.75, 3.05) is 18.5 Å². The molecule has 1 amide bonds. The van der Waals surface area contributed by atoms with E-state index in [1.807, 2.05) is 0 Å². The fraction of sp³-hybridized carbons (Fsp3) is 0.294. The highest BCUT2D eigenvalue weighted by molar-refractivity contribution is 7.89. The molecule has 0 bridgehead atoms. The van der Waals surface area contributed by atoms with Crippen molar-refractivity contribution in [1.29, 1.82) is 0 Å². The van der Waals surface area contributed by atoms with Gasteiger partial charge in [0.25, 0.3) is 0 Å². The maximum absolute atomic E-state index is 12.7. The van der Waals surface area contributed by atoms with Crippen LogP contribution in [-0.4, -0.2) is 38.4 Å². The van der Waals surface area contributed by atoms with Crippen LogP contribution in [-0.2, 0) is 19.6 Å². The van der Waals surface area contributed by atoms with Gasteiger partial charge in [-0.05, 0) is 39.0 Å². The molecule has 10 heteroatoms. The lowest BCUT2D eigenvalue weighted by atomic mass is 10.2. The van der Waals surface area contributed by atoms with Crippen molar-refractivity contribution in [2.24, 2.45) is 0 Å². The van der Waals surface area contributed by atoms with E-state index in [4.69, 9.17) is 16.3 Å². The Bertz CT molecular complexity index is 969. The third-order valence-corrected chi connectivity index (χ3v) is 5.40. The van der Waals surface area contributed by atoms with Crippen molar-refractivity contribution in [3.05, 3.63) is 46.2 Å². The van der Waals surface area contributed by atoms with Crippen molar-refractivity contribution < 1.29 is 22.7 Å². The molecule has 0 aliphatic carbocycles. The van der Waals surface area contributed by atoms with Gasteiger partial charge < -0.3 is 15.0 Å². The third-order valence-electron chi connectivity index (χ3n) is 3.60. The number of amides is 1. The lowest BCUT2D eigenvalue weighted by Gasteiger charge is -2.10. The zero-order chi connectivity index (χ0) is 20.2. The van der Waals surface area contributed by atoms with Gasteiger partial charge in [-0.15, -0.1) is 0 Å². The van der Waals surface area contributed by atoms with Crippen molar-refractivity contribution in [1.82, 2.24) is 9.71 Å². The Morgan fingerprint density at radius 1 is 1.22 bits per heavy atom. The van der Waals surface area contributed by atoms with Crippen LogP contribution in [0.15, 0.2) is 29.2 Å². The fourth-order valence-electron chi connectivity index (χ4n) is 2.55. The fourth-order valence-corrected chi connectivity index (χ4v) is 4.16. The molecule has 27 heavy (non-hydrogen) atoms. The Labute approximate surface area is 162 Å². The minimum Gasteiger partial charge on any atom is -0.462 e. The van der Waals surface area contributed by atoms with E-state index in [0.29, 0.717) is 16.4 Å². The number of carbonyl (C=O) groups excluding carboxylic acids is 2. The van der Waals surface area contributed by atoms with Crippen molar-refractivity contribution in [3.8, 4) is 0 Å². The molecule has 146 valence electrons. The smallest absolute Gasteiger partial charge is 0.341 e. The average molecular weight is 414 g/mol. The number of esters is 1. The molecule has 0 atom stereocenters. The van der Waals surface area contributed by atoms with Gasteiger partial charge in [-0.3, -0.25) is 4.79 Å². The Morgan fingerprint density at radius 3 is 2.56 bits per heavy atom. The minimum absolute atomic E-state index is 0.0721. The summed E-state index contributed by atoms with van der Waals surface area (Å²) in [5, 5.41) is 2.97. The largest absolute Gasteiger partial charge is 0.462 e. The monoisotopic (exact) mass is 413 g/mol. The zero-order valence-electron chi connectivity index (χ0n) is 15.1. The van der Waals surface area contributed by atoms with Crippen LogP contribution in [0.1, 0.15) is 28.7 Å². The maximum atomic E-state index is 12.7. The summed E-state index contributed by atoms with van der Waals surface area (Å²) in [6, 6.07) is 6.46. The topological polar surface area (TPSA) is 117 Å².